The minimum atomic E-state index is -4.77. The maximum atomic E-state index is 13.8. The maximum Gasteiger partial charge on any atom is 0.416 e. The summed E-state index contributed by atoms with van der Waals surface area (Å²) in [5, 5.41) is 0. The molecule has 0 saturated carbocycles. The van der Waals surface area contributed by atoms with Crippen LogP contribution in [-0.4, -0.2) is 69.9 Å². The molecule has 12 heteroatoms. The summed E-state index contributed by atoms with van der Waals surface area (Å²) in [7, 11) is -2.23. The largest absolute Gasteiger partial charge is 0.495 e. The summed E-state index contributed by atoms with van der Waals surface area (Å²) in [5.41, 5.74) is -1.05. The predicted molar refractivity (Wildman–Crippen MR) is 130 cm³/mol. The average Bonchev–Trinajstić information content (AvgIpc) is 2.87. The number of piperidine rings is 1. The first-order chi connectivity index (χ1) is 17.4. The third-order valence-electron chi connectivity index (χ3n) is 6.79. The van der Waals surface area contributed by atoms with Crippen molar-refractivity contribution in [3.05, 3.63) is 53.3 Å². The average molecular weight is 544 g/mol. The zero-order valence-electron chi connectivity index (χ0n) is 20.6. The van der Waals surface area contributed by atoms with E-state index in [0.29, 0.717) is 36.7 Å². The van der Waals surface area contributed by atoms with Gasteiger partial charge in [-0.2, -0.15) is 17.5 Å². The summed E-state index contributed by atoms with van der Waals surface area (Å²) in [5.74, 6) is -1.10. The highest BCUT2D eigenvalue weighted by Gasteiger charge is 2.34. The van der Waals surface area contributed by atoms with Crippen molar-refractivity contribution in [1.29, 1.82) is 0 Å². The van der Waals surface area contributed by atoms with E-state index in [2.05, 4.69) is 0 Å². The van der Waals surface area contributed by atoms with Crippen LogP contribution in [0.1, 0.15) is 35.7 Å². The molecule has 0 N–H and O–H groups in total. The number of nitrogens with zero attached hydrogens (tertiary/aromatic N) is 3. The van der Waals surface area contributed by atoms with Crippen LogP contribution >= 0.6 is 0 Å². The molecule has 2 fully saturated rings. The third kappa shape index (κ3) is 5.85. The number of ether oxygens (including phenoxy) is 1. The first-order valence-electron chi connectivity index (χ1n) is 12.0. The lowest BCUT2D eigenvalue weighted by molar-refractivity contribution is -0.137. The van der Waals surface area contributed by atoms with Crippen LogP contribution in [0.15, 0.2) is 41.3 Å². The number of piperazine rings is 1. The van der Waals surface area contributed by atoms with E-state index >= 15 is 0 Å². The Hall–Kier alpha value is -2.86. The number of hydrogen-bond acceptors (Lipinski definition) is 5. The fourth-order valence-corrected chi connectivity index (χ4v) is 6.42. The Balaban J connectivity index is 1.52. The van der Waals surface area contributed by atoms with Gasteiger partial charge in [0.1, 0.15) is 11.6 Å². The smallest absolute Gasteiger partial charge is 0.416 e. The predicted octanol–water partition coefficient (Wildman–Crippen LogP) is 4.24. The molecule has 4 rings (SSSR count). The van der Waals surface area contributed by atoms with E-state index in [1.54, 1.807) is 12.1 Å². The van der Waals surface area contributed by atoms with Crippen molar-refractivity contribution in [2.24, 2.45) is 5.92 Å². The van der Waals surface area contributed by atoms with Gasteiger partial charge in [0, 0.05) is 44.8 Å². The van der Waals surface area contributed by atoms with Crippen molar-refractivity contribution in [3.63, 3.8) is 0 Å². The molecule has 37 heavy (non-hydrogen) atoms. The van der Waals surface area contributed by atoms with Crippen molar-refractivity contribution in [3.8, 4) is 5.75 Å². The molecule has 1 amide bonds. The van der Waals surface area contributed by atoms with E-state index in [9.17, 15) is 30.8 Å². The molecule has 0 aromatic heterocycles. The fourth-order valence-electron chi connectivity index (χ4n) is 4.80. The highest BCUT2D eigenvalue weighted by atomic mass is 32.2. The van der Waals surface area contributed by atoms with Gasteiger partial charge in [-0.05, 0) is 55.2 Å². The molecule has 2 saturated heterocycles. The molecule has 2 aliphatic rings. The zero-order valence-corrected chi connectivity index (χ0v) is 21.4. The van der Waals surface area contributed by atoms with Crippen LogP contribution in [0.4, 0.5) is 23.2 Å². The monoisotopic (exact) mass is 543 g/mol. The second-order valence-electron chi connectivity index (χ2n) is 9.45. The van der Waals surface area contributed by atoms with Crippen LogP contribution in [0, 0.1) is 11.7 Å². The fraction of sp³-hybridized carbons (Fsp3) is 0.480. The molecule has 2 aliphatic heterocycles. The van der Waals surface area contributed by atoms with Gasteiger partial charge in [-0.3, -0.25) is 4.79 Å². The summed E-state index contributed by atoms with van der Waals surface area (Å²) in [4.78, 5) is 16.2. The number of alkyl halides is 3. The molecule has 7 nitrogen and oxygen atoms in total. The number of carbonyl (C=O) groups is 1. The van der Waals surface area contributed by atoms with Crippen LogP contribution in [0.5, 0.6) is 5.75 Å². The van der Waals surface area contributed by atoms with Crippen molar-refractivity contribution in [2.75, 3.05) is 51.3 Å². The standard InChI is InChI=1S/C25H29F4N3O4S/c1-17-4-3-7-32(16-17)37(34,35)21-5-6-23(36-2)22(15-21)30-8-10-31(11-9-30)24(33)18-12-19(25(27,28)29)14-20(26)13-18/h5-6,12-15,17H,3-4,7-11,16H2,1-2H3/t17-/m0/s1. The number of sulfonamides is 1. The zero-order chi connectivity index (χ0) is 27.0. The lowest BCUT2D eigenvalue weighted by Gasteiger charge is -2.37. The lowest BCUT2D eigenvalue weighted by Crippen LogP contribution is -2.49. The van der Waals surface area contributed by atoms with Crippen LogP contribution in [0.2, 0.25) is 0 Å². The molecule has 0 radical (unpaired) electrons. The first kappa shape index (κ1) is 27.2. The summed E-state index contributed by atoms with van der Waals surface area (Å²) >= 11 is 0. The normalized spacial score (nSPS) is 19.7. The molecule has 0 bridgehead atoms. The van der Waals surface area contributed by atoms with Crippen molar-refractivity contribution >= 4 is 21.6 Å². The molecule has 1 atom stereocenters. The van der Waals surface area contributed by atoms with Crippen LogP contribution < -0.4 is 9.64 Å². The van der Waals surface area contributed by atoms with Crippen LogP contribution in [0.3, 0.4) is 0 Å². The molecule has 202 valence electrons. The maximum absolute atomic E-state index is 13.8. The number of hydrogen-bond donors (Lipinski definition) is 0. The van der Waals surface area contributed by atoms with E-state index in [0.717, 1.165) is 18.9 Å². The number of halogens is 4. The molecular weight excluding hydrogens is 514 g/mol. The van der Waals surface area contributed by atoms with Crippen molar-refractivity contribution in [2.45, 2.75) is 30.8 Å². The summed E-state index contributed by atoms with van der Waals surface area (Å²) in [6.07, 6.45) is -2.99. The van der Waals surface area contributed by atoms with E-state index in [-0.39, 0.29) is 42.6 Å². The number of amides is 1. The SMILES string of the molecule is COc1ccc(S(=O)(=O)N2CCC[C@H](C)C2)cc1N1CCN(C(=O)c2cc(F)cc(C(F)(F)F)c2)CC1. The minimum Gasteiger partial charge on any atom is -0.495 e. The Kier molecular flexibility index (Phi) is 7.70. The Morgan fingerprint density at radius 3 is 2.35 bits per heavy atom. The van der Waals surface area contributed by atoms with Gasteiger partial charge in [0.15, 0.2) is 0 Å². The number of benzene rings is 2. The minimum absolute atomic E-state index is 0.148. The topological polar surface area (TPSA) is 70.2 Å². The van der Waals surface area contributed by atoms with Gasteiger partial charge in [0.2, 0.25) is 10.0 Å². The summed E-state index contributed by atoms with van der Waals surface area (Å²) in [6, 6.07) is 6.47. The van der Waals surface area contributed by atoms with Gasteiger partial charge in [-0.25, -0.2) is 12.8 Å². The number of rotatable bonds is 5. The quantitative estimate of drug-likeness (QED) is 0.528. The van der Waals surface area contributed by atoms with Crippen molar-refractivity contribution in [1.82, 2.24) is 9.21 Å². The molecule has 2 aromatic carbocycles. The highest BCUT2D eigenvalue weighted by Crippen LogP contribution is 2.34. The Morgan fingerprint density at radius 1 is 1.03 bits per heavy atom. The van der Waals surface area contributed by atoms with Gasteiger partial charge in [0.25, 0.3) is 5.91 Å². The Bertz CT molecular complexity index is 1260. The van der Waals surface area contributed by atoms with Gasteiger partial charge < -0.3 is 14.5 Å². The van der Waals surface area contributed by atoms with E-state index in [1.807, 2.05) is 11.8 Å². The van der Waals surface area contributed by atoms with Gasteiger partial charge in [-0.1, -0.05) is 6.92 Å². The number of methoxy groups -OCH3 is 1. The van der Waals surface area contributed by atoms with Gasteiger partial charge >= 0.3 is 6.18 Å². The van der Waals surface area contributed by atoms with E-state index in [1.165, 1.54) is 22.4 Å². The Labute approximate surface area is 213 Å². The number of anilines is 1. The first-order valence-corrected chi connectivity index (χ1v) is 13.4. The van der Waals surface area contributed by atoms with Crippen molar-refractivity contribution < 1.29 is 35.5 Å². The van der Waals surface area contributed by atoms with Gasteiger partial charge in [-0.15, -0.1) is 0 Å². The molecule has 0 aliphatic carbocycles. The molecule has 0 unspecified atom stereocenters. The van der Waals surface area contributed by atoms with E-state index in [4.69, 9.17) is 4.74 Å². The van der Waals surface area contributed by atoms with E-state index < -0.39 is 33.5 Å². The second-order valence-corrected chi connectivity index (χ2v) is 11.4. The lowest BCUT2D eigenvalue weighted by atomic mass is 10.0. The second kappa shape index (κ2) is 10.5. The summed E-state index contributed by atoms with van der Waals surface area (Å²) in [6.45, 7) is 3.82. The third-order valence-corrected chi connectivity index (χ3v) is 8.65. The molecule has 2 heterocycles. The highest BCUT2D eigenvalue weighted by molar-refractivity contribution is 7.89. The van der Waals surface area contributed by atoms with Crippen LogP contribution in [-0.2, 0) is 16.2 Å². The molecule has 2 aromatic rings. The number of carbonyl (C=O) groups excluding carboxylic acids is 1. The molecule has 0 spiro atoms. The molecular formula is C25H29F4N3O4S. The van der Waals surface area contributed by atoms with Crippen LogP contribution in [0.25, 0.3) is 0 Å². The van der Waals surface area contributed by atoms with Gasteiger partial charge in [0.05, 0.1) is 23.3 Å². The Morgan fingerprint density at radius 2 is 1.73 bits per heavy atom. The summed E-state index contributed by atoms with van der Waals surface area (Å²) < 4.78 is 86.5.